The van der Waals surface area contributed by atoms with Gasteiger partial charge < -0.3 is 4.74 Å². The molecular formula is C18H22N4O2. The molecule has 2 heterocycles. The number of methoxy groups -OCH3 is 1. The van der Waals surface area contributed by atoms with Gasteiger partial charge in [-0.3, -0.25) is 15.0 Å². The number of hydrogen-bond donors (Lipinski definition) is 1. The fourth-order valence-electron chi connectivity index (χ4n) is 2.96. The van der Waals surface area contributed by atoms with Crippen LogP contribution in [0.25, 0.3) is 0 Å². The van der Waals surface area contributed by atoms with Gasteiger partial charge in [-0.05, 0) is 49.7 Å². The molecule has 0 spiro atoms. The molecule has 0 saturated carbocycles. The molecule has 1 aromatic heterocycles. The van der Waals surface area contributed by atoms with E-state index in [1.807, 2.05) is 12.1 Å². The fourth-order valence-corrected chi connectivity index (χ4v) is 2.96. The van der Waals surface area contributed by atoms with Crippen LogP contribution in [-0.2, 0) is 11.3 Å². The van der Waals surface area contributed by atoms with Crippen molar-refractivity contribution in [2.24, 2.45) is 5.92 Å². The number of likely N-dealkylation sites (tertiary alicyclic amines) is 1. The van der Waals surface area contributed by atoms with Crippen LogP contribution >= 0.6 is 0 Å². The number of anilines is 1. The predicted octanol–water partition coefficient (Wildman–Crippen LogP) is 2.34. The van der Waals surface area contributed by atoms with Crippen LogP contribution in [0.2, 0.25) is 0 Å². The molecule has 1 amide bonds. The number of benzene rings is 1. The minimum Gasteiger partial charge on any atom is -0.497 e. The number of nitrogens with one attached hydrogen (secondary N) is 1. The lowest BCUT2D eigenvalue weighted by atomic mass is 9.95. The van der Waals surface area contributed by atoms with E-state index in [-0.39, 0.29) is 11.8 Å². The first kappa shape index (κ1) is 16.4. The summed E-state index contributed by atoms with van der Waals surface area (Å²) in [7, 11) is 1.68. The molecule has 6 nitrogen and oxygen atoms in total. The maximum Gasteiger partial charge on any atom is 0.229 e. The Morgan fingerprint density at radius 3 is 2.71 bits per heavy atom. The van der Waals surface area contributed by atoms with E-state index in [0.29, 0.717) is 5.95 Å². The van der Waals surface area contributed by atoms with Gasteiger partial charge in [0.2, 0.25) is 11.9 Å². The van der Waals surface area contributed by atoms with Gasteiger partial charge in [0, 0.05) is 24.9 Å². The third-order valence-corrected chi connectivity index (χ3v) is 4.30. The van der Waals surface area contributed by atoms with Crippen molar-refractivity contribution in [2.75, 3.05) is 25.5 Å². The molecule has 1 aliphatic rings. The molecule has 0 bridgehead atoms. The van der Waals surface area contributed by atoms with E-state index in [9.17, 15) is 4.79 Å². The van der Waals surface area contributed by atoms with Gasteiger partial charge >= 0.3 is 0 Å². The summed E-state index contributed by atoms with van der Waals surface area (Å²) in [4.78, 5) is 22.7. The van der Waals surface area contributed by atoms with Crippen LogP contribution in [0.5, 0.6) is 5.75 Å². The number of aromatic nitrogens is 2. The molecular weight excluding hydrogens is 304 g/mol. The van der Waals surface area contributed by atoms with Crippen LogP contribution in [0.4, 0.5) is 5.95 Å². The van der Waals surface area contributed by atoms with Crippen LogP contribution in [0, 0.1) is 5.92 Å². The predicted molar refractivity (Wildman–Crippen MR) is 91.7 cm³/mol. The zero-order valence-electron chi connectivity index (χ0n) is 13.8. The number of nitrogens with zero attached hydrogens (tertiary/aromatic N) is 3. The van der Waals surface area contributed by atoms with Gasteiger partial charge in [0.1, 0.15) is 5.75 Å². The molecule has 2 aromatic rings. The van der Waals surface area contributed by atoms with Crippen molar-refractivity contribution in [3.63, 3.8) is 0 Å². The molecule has 0 aliphatic carbocycles. The molecule has 1 saturated heterocycles. The maximum absolute atomic E-state index is 12.3. The highest BCUT2D eigenvalue weighted by Crippen LogP contribution is 2.21. The summed E-state index contributed by atoms with van der Waals surface area (Å²) in [6, 6.07) is 9.85. The summed E-state index contributed by atoms with van der Waals surface area (Å²) in [5.41, 5.74) is 1.23. The van der Waals surface area contributed by atoms with E-state index >= 15 is 0 Å². The summed E-state index contributed by atoms with van der Waals surface area (Å²) in [5, 5.41) is 2.80. The van der Waals surface area contributed by atoms with Crippen LogP contribution < -0.4 is 10.1 Å². The summed E-state index contributed by atoms with van der Waals surface area (Å²) in [5.74, 6) is 1.29. The van der Waals surface area contributed by atoms with Gasteiger partial charge in [-0.1, -0.05) is 12.1 Å². The number of hydrogen-bond acceptors (Lipinski definition) is 5. The van der Waals surface area contributed by atoms with Crippen molar-refractivity contribution in [2.45, 2.75) is 19.4 Å². The Bertz CT molecular complexity index is 670. The monoisotopic (exact) mass is 326 g/mol. The Morgan fingerprint density at radius 2 is 2.00 bits per heavy atom. The molecule has 6 heteroatoms. The smallest absolute Gasteiger partial charge is 0.229 e. The number of piperidine rings is 1. The second-order valence-corrected chi connectivity index (χ2v) is 5.96. The quantitative estimate of drug-likeness (QED) is 0.913. The largest absolute Gasteiger partial charge is 0.497 e. The SMILES string of the molecule is COc1cccc(CN2CCC(C(=O)Nc3ncccn3)CC2)c1. The Labute approximate surface area is 141 Å². The number of carbonyl (C=O) groups excluding carboxylic acids is 1. The summed E-state index contributed by atoms with van der Waals surface area (Å²) < 4.78 is 5.27. The molecule has 126 valence electrons. The van der Waals surface area contributed by atoms with Gasteiger partial charge in [-0.25, -0.2) is 9.97 Å². The van der Waals surface area contributed by atoms with E-state index < -0.39 is 0 Å². The highest BCUT2D eigenvalue weighted by molar-refractivity contribution is 5.90. The minimum atomic E-state index is 0.0160. The molecule has 1 N–H and O–H groups in total. The first-order chi connectivity index (χ1) is 11.7. The lowest BCUT2D eigenvalue weighted by Gasteiger charge is -2.31. The zero-order valence-corrected chi connectivity index (χ0v) is 13.8. The Hall–Kier alpha value is -2.47. The van der Waals surface area contributed by atoms with Crippen LogP contribution in [0.15, 0.2) is 42.7 Å². The van der Waals surface area contributed by atoms with Gasteiger partial charge in [-0.2, -0.15) is 0 Å². The number of amides is 1. The topological polar surface area (TPSA) is 67.3 Å². The first-order valence-electron chi connectivity index (χ1n) is 8.18. The van der Waals surface area contributed by atoms with Crippen molar-refractivity contribution in [3.8, 4) is 5.75 Å². The van der Waals surface area contributed by atoms with Crippen LogP contribution in [0.3, 0.4) is 0 Å². The van der Waals surface area contributed by atoms with Crippen molar-refractivity contribution in [1.29, 1.82) is 0 Å². The van der Waals surface area contributed by atoms with Crippen LogP contribution in [0.1, 0.15) is 18.4 Å². The maximum atomic E-state index is 12.3. The molecule has 24 heavy (non-hydrogen) atoms. The van der Waals surface area contributed by atoms with E-state index in [4.69, 9.17) is 4.74 Å². The summed E-state index contributed by atoms with van der Waals surface area (Å²) in [6.07, 6.45) is 4.95. The molecule has 0 atom stereocenters. The summed E-state index contributed by atoms with van der Waals surface area (Å²) in [6.45, 7) is 2.70. The molecule has 1 aromatic carbocycles. The fraction of sp³-hybridized carbons (Fsp3) is 0.389. The van der Waals surface area contributed by atoms with Crippen molar-refractivity contribution in [3.05, 3.63) is 48.3 Å². The highest BCUT2D eigenvalue weighted by atomic mass is 16.5. The Morgan fingerprint density at radius 1 is 1.25 bits per heavy atom. The van der Waals surface area contributed by atoms with Gasteiger partial charge in [0.15, 0.2) is 0 Å². The molecule has 1 fully saturated rings. The molecule has 1 aliphatic heterocycles. The Kier molecular flexibility index (Phi) is 5.38. The lowest BCUT2D eigenvalue weighted by Crippen LogP contribution is -2.37. The van der Waals surface area contributed by atoms with E-state index in [1.165, 1.54) is 5.56 Å². The molecule has 3 rings (SSSR count). The normalized spacial score (nSPS) is 15.9. The van der Waals surface area contributed by atoms with E-state index in [1.54, 1.807) is 25.6 Å². The third kappa shape index (κ3) is 4.29. The average molecular weight is 326 g/mol. The van der Waals surface area contributed by atoms with Crippen molar-refractivity contribution >= 4 is 11.9 Å². The van der Waals surface area contributed by atoms with E-state index in [0.717, 1.165) is 38.2 Å². The number of rotatable bonds is 5. The second-order valence-electron chi connectivity index (χ2n) is 5.96. The van der Waals surface area contributed by atoms with Crippen LogP contribution in [-0.4, -0.2) is 41.0 Å². The van der Waals surface area contributed by atoms with E-state index in [2.05, 4.69) is 32.3 Å². The lowest BCUT2D eigenvalue weighted by molar-refractivity contribution is -0.121. The minimum absolute atomic E-state index is 0.0160. The number of ether oxygens (including phenoxy) is 1. The average Bonchev–Trinajstić information content (AvgIpc) is 2.63. The zero-order chi connectivity index (χ0) is 16.8. The van der Waals surface area contributed by atoms with Gasteiger partial charge in [0.25, 0.3) is 0 Å². The molecule has 0 radical (unpaired) electrons. The van der Waals surface area contributed by atoms with Crippen molar-refractivity contribution in [1.82, 2.24) is 14.9 Å². The molecule has 0 unspecified atom stereocenters. The third-order valence-electron chi connectivity index (χ3n) is 4.30. The first-order valence-corrected chi connectivity index (χ1v) is 8.18. The Balaban J connectivity index is 1.49. The standard InChI is InChI=1S/C18H22N4O2/c1-24-16-5-2-4-14(12-16)13-22-10-6-15(7-11-22)17(23)21-18-19-8-3-9-20-18/h2-5,8-9,12,15H,6-7,10-11,13H2,1H3,(H,19,20,21,23). The number of carbonyl (C=O) groups is 1. The highest BCUT2D eigenvalue weighted by Gasteiger charge is 2.25. The van der Waals surface area contributed by atoms with Gasteiger partial charge in [-0.15, -0.1) is 0 Å². The summed E-state index contributed by atoms with van der Waals surface area (Å²) >= 11 is 0. The van der Waals surface area contributed by atoms with Gasteiger partial charge in [0.05, 0.1) is 7.11 Å². The second kappa shape index (κ2) is 7.88. The van der Waals surface area contributed by atoms with Crippen molar-refractivity contribution < 1.29 is 9.53 Å².